The fourth-order valence-electron chi connectivity index (χ4n) is 2.93. The lowest BCUT2D eigenvalue weighted by atomic mass is 10.1. The Morgan fingerprint density at radius 2 is 1.88 bits per heavy atom. The highest BCUT2D eigenvalue weighted by molar-refractivity contribution is 5.94. The smallest absolute Gasteiger partial charge is 0.204 e. The SMILES string of the molecule is Cc1cccc2c(=O)c3c(O)cc(OCc4ccc(F)cc4)cc3oc12. The molecule has 4 rings (SSSR count). The molecule has 0 bridgehead atoms. The van der Waals surface area contributed by atoms with Crippen LogP contribution in [-0.4, -0.2) is 5.11 Å². The highest BCUT2D eigenvalue weighted by Crippen LogP contribution is 2.31. The third-order valence-corrected chi connectivity index (χ3v) is 4.27. The van der Waals surface area contributed by atoms with E-state index in [0.29, 0.717) is 16.7 Å². The van der Waals surface area contributed by atoms with Crippen LogP contribution in [0.5, 0.6) is 11.5 Å². The van der Waals surface area contributed by atoms with Gasteiger partial charge < -0.3 is 14.3 Å². The van der Waals surface area contributed by atoms with Crippen molar-refractivity contribution in [3.8, 4) is 11.5 Å². The number of fused-ring (bicyclic) bond motifs is 2. The molecule has 0 atom stereocenters. The van der Waals surface area contributed by atoms with E-state index in [-0.39, 0.29) is 34.6 Å². The van der Waals surface area contributed by atoms with Crippen LogP contribution in [0.25, 0.3) is 21.9 Å². The number of phenols is 1. The summed E-state index contributed by atoms with van der Waals surface area (Å²) in [6, 6.07) is 14.2. The Morgan fingerprint density at radius 1 is 1.12 bits per heavy atom. The number of hydrogen-bond acceptors (Lipinski definition) is 4. The second-order valence-electron chi connectivity index (χ2n) is 6.11. The summed E-state index contributed by atoms with van der Waals surface area (Å²) in [5.74, 6) is -0.162. The average molecular weight is 350 g/mol. The van der Waals surface area contributed by atoms with Crippen molar-refractivity contribution in [3.63, 3.8) is 0 Å². The highest BCUT2D eigenvalue weighted by atomic mass is 19.1. The van der Waals surface area contributed by atoms with Crippen molar-refractivity contribution in [2.75, 3.05) is 0 Å². The van der Waals surface area contributed by atoms with E-state index in [1.165, 1.54) is 18.2 Å². The Labute approximate surface area is 148 Å². The van der Waals surface area contributed by atoms with Gasteiger partial charge in [-0.15, -0.1) is 0 Å². The second kappa shape index (κ2) is 6.19. The van der Waals surface area contributed by atoms with Gasteiger partial charge in [-0.25, -0.2) is 4.39 Å². The number of para-hydroxylation sites is 1. The first-order valence-corrected chi connectivity index (χ1v) is 8.09. The number of hydrogen-bond donors (Lipinski definition) is 1. The van der Waals surface area contributed by atoms with Crippen LogP contribution in [0.3, 0.4) is 0 Å². The van der Waals surface area contributed by atoms with Crippen molar-refractivity contribution in [1.29, 1.82) is 0 Å². The Kier molecular flexibility index (Phi) is 3.84. The van der Waals surface area contributed by atoms with Crippen LogP contribution >= 0.6 is 0 Å². The van der Waals surface area contributed by atoms with E-state index < -0.39 is 0 Å². The van der Waals surface area contributed by atoms with Crippen molar-refractivity contribution in [3.05, 3.63) is 81.8 Å². The summed E-state index contributed by atoms with van der Waals surface area (Å²) in [4.78, 5) is 12.7. The van der Waals surface area contributed by atoms with Crippen LogP contribution in [-0.2, 0) is 6.61 Å². The predicted octanol–water partition coefficient (Wildman–Crippen LogP) is 4.68. The van der Waals surface area contributed by atoms with Crippen molar-refractivity contribution >= 4 is 21.9 Å². The van der Waals surface area contributed by atoms with E-state index in [0.717, 1.165) is 11.1 Å². The molecule has 0 saturated heterocycles. The summed E-state index contributed by atoms with van der Waals surface area (Å²) in [6.45, 7) is 2.05. The molecule has 0 radical (unpaired) electrons. The fourth-order valence-corrected chi connectivity index (χ4v) is 2.93. The van der Waals surface area contributed by atoms with Gasteiger partial charge in [0.15, 0.2) is 0 Å². The first-order valence-electron chi connectivity index (χ1n) is 8.09. The Balaban J connectivity index is 1.78. The van der Waals surface area contributed by atoms with Gasteiger partial charge in [-0.1, -0.05) is 24.3 Å². The fraction of sp³-hybridized carbons (Fsp3) is 0.0952. The lowest BCUT2D eigenvalue weighted by molar-refractivity contribution is 0.304. The molecule has 0 aliphatic heterocycles. The molecule has 1 aromatic heterocycles. The lowest BCUT2D eigenvalue weighted by Gasteiger charge is -2.10. The van der Waals surface area contributed by atoms with E-state index in [2.05, 4.69) is 0 Å². The minimum Gasteiger partial charge on any atom is -0.507 e. The number of rotatable bonds is 3. The van der Waals surface area contributed by atoms with Gasteiger partial charge in [-0.3, -0.25) is 4.79 Å². The maximum Gasteiger partial charge on any atom is 0.204 e. The molecule has 5 heteroatoms. The van der Waals surface area contributed by atoms with Gasteiger partial charge in [0.25, 0.3) is 0 Å². The molecule has 1 N–H and O–H groups in total. The molecule has 0 unspecified atom stereocenters. The first kappa shape index (κ1) is 16.1. The summed E-state index contributed by atoms with van der Waals surface area (Å²) >= 11 is 0. The average Bonchev–Trinajstić information content (AvgIpc) is 2.62. The molecule has 4 nitrogen and oxygen atoms in total. The van der Waals surface area contributed by atoms with Crippen LogP contribution in [0.4, 0.5) is 4.39 Å². The number of aryl methyl sites for hydroxylation is 1. The second-order valence-corrected chi connectivity index (χ2v) is 6.11. The third kappa shape index (κ3) is 2.77. The predicted molar refractivity (Wildman–Crippen MR) is 97.1 cm³/mol. The van der Waals surface area contributed by atoms with Gasteiger partial charge in [0.1, 0.15) is 40.5 Å². The quantitative estimate of drug-likeness (QED) is 0.545. The zero-order chi connectivity index (χ0) is 18.3. The topological polar surface area (TPSA) is 59.7 Å². The van der Waals surface area contributed by atoms with Crippen LogP contribution in [0, 0.1) is 12.7 Å². The molecule has 0 amide bonds. The number of benzene rings is 3. The zero-order valence-corrected chi connectivity index (χ0v) is 14.0. The van der Waals surface area contributed by atoms with E-state index in [4.69, 9.17) is 9.15 Å². The number of aromatic hydroxyl groups is 1. The molecule has 0 aliphatic carbocycles. The van der Waals surface area contributed by atoms with Crippen molar-refractivity contribution in [2.24, 2.45) is 0 Å². The summed E-state index contributed by atoms with van der Waals surface area (Å²) in [5, 5.41) is 10.9. The molecule has 0 spiro atoms. The molecule has 130 valence electrons. The molecular weight excluding hydrogens is 335 g/mol. The van der Waals surface area contributed by atoms with Crippen LogP contribution in [0.1, 0.15) is 11.1 Å². The highest BCUT2D eigenvalue weighted by Gasteiger charge is 2.14. The minimum atomic E-state index is -0.318. The molecule has 3 aromatic carbocycles. The Hall–Kier alpha value is -3.34. The van der Waals surface area contributed by atoms with E-state index in [1.807, 2.05) is 13.0 Å². The summed E-state index contributed by atoms with van der Waals surface area (Å²) in [6.07, 6.45) is 0. The van der Waals surface area contributed by atoms with Crippen molar-refractivity contribution in [1.82, 2.24) is 0 Å². The van der Waals surface area contributed by atoms with Gasteiger partial charge >= 0.3 is 0 Å². The van der Waals surface area contributed by atoms with Crippen LogP contribution in [0.2, 0.25) is 0 Å². The van der Waals surface area contributed by atoms with Gasteiger partial charge in [-0.2, -0.15) is 0 Å². The van der Waals surface area contributed by atoms with Crippen LogP contribution in [0.15, 0.2) is 63.8 Å². The number of halogens is 1. The van der Waals surface area contributed by atoms with E-state index in [1.54, 1.807) is 30.3 Å². The molecular formula is C21H15FO4. The molecule has 0 aliphatic rings. The zero-order valence-electron chi connectivity index (χ0n) is 14.0. The summed E-state index contributed by atoms with van der Waals surface area (Å²) in [7, 11) is 0. The standard InChI is InChI=1S/C21H15FO4/c1-12-3-2-4-16-20(24)19-17(23)9-15(10-18(19)26-21(12)16)25-11-13-5-7-14(22)8-6-13/h2-10,23H,11H2,1H3. The summed E-state index contributed by atoms with van der Waals surface area (Å²) < 4.78 is 24.5. The number of phenolic OH excluding ortho intramolecular Hbond substituents is 1. The van der Waals surface area contributed by atoms with Gasteiger partial charge in [0, 0.05) is 12.1 Å². The normalized spacial score (nSPS) is 11.2. The minimum absolute atomic E-state index is 0.122. The summed E-state index contributed by atoms with van der Waals surface area (Å²) in [5.41, 5.74) is 2.07. The maximum atomic E-state index is 13.0. The molecule has 26 heavy (non-hydrogen) atoms. The Morgan fingerprint density at radius 3 is 2.65 bits per heavy atom. The largest absolute Gasteiger partial charge is 0.507 e. The number of ether oxygens (including phenoxy) is 1. The first-order chi connectivity index (χ1) is 12.5. The maximum absolute atomic E-state index is 13.0. The monoisotopic (exact) mass is 350 g/mol. The molecule has 1 heterocycles. The molecule has 0 saturated carbocycles. The van der Waals surface area contributed by atoms with E-state index >= 15 is 0 Å². The van der Waals surface area contributed by atoms with Crippen LogP contribution < -0.4 is 10.2 Å². The molecule has 0 fully saturated rings. The van der Waals surface area contributed by atoms with Crippen molar-refractivity contribution in [2.45, 2.75) is 13.5 Å². The van der Waals surface area contributed by atoms with Gasteiger partial charge in [0.2, 0.25) is 5.43 Å². The third-order valence-electron chi connectivity index (χ3n) is 4.27. The Bertz CT molecular complexity index is 1180. The van der Waals surface area contributed by atoms with E-state index in [9.17, 15) is 14.3 Å². The lowest BCUT2D eigenvalue weighted by Crippen LogP contribution is -2.04. The van der Waals surface area contributed by atoms with Crippen molar-refractivity contribution < 1.29 is 18.7 Å². The molecule has 4 aromatic rings. The van der Waals surface area contributed by atoms with Gasteiger partial charge in [0.05, 0.1) is 5.39 Å². The van der Waals surface area contributed by atoms with Gasteiger partial charge in [-0.05, 0) is 36.2 Å².